The van der Waals surface area contributed by atoms with Crippen LogP contribution in [0.4, 0.5) is 0 Å². The summed E-state index contributed by atoms with van der Waals surface area (Å²) >= 11 is 0. The predicted octanol–water partition coefficient (Wildman–Crippen LogP) is 1.61. The van der Waals surface area contributed by atoms with Crippen molar-refractivity contribution in [3.05, 3.63) is 18.0 Å². The summed E-state index contributed by atoms with van der Waals surface area (Å²) in [5.74, 6) is 0.0419. The predicted molar refractivity (Wildman–Crippen MR) is 62.0 cm³/mol. The Morgan fingerprint density at radius 3 is 2.88 bits per heavy atom. The van der Waals surface area contributed by atoms with Gasteiger partial charge >= 0.3 is 0 Å². The maximum atomic E-state index is 11.8. The van der Waals surface area contributed by atoms with Crippen LogP contribution in [0.15, 0.2) is 12.3 Å². The maximum Gasteiger partial charge on any atom is 0.270 e. The number of amides is 1. The fourth-order valence-electron chi connectivity index (χ4n) is 2.32. The monoisotopic (exact) mass is 232 g/mol. The first-order valence-corrected chi connectivity index (χ1v) is 6.01. The fraction of sp³-hybridized carbons (Fsp3) is 0.583. The van der Waals surface area contributed by atoms with E-state index in [1.54, 1.807) is 6.07 Å². The summed E-state index contributed by atoms with van der Waals surface area (Å²) < 4.78 is 0. The topological polar surface area (TPSA) is 81.6 Å². The number of hydrogen-bond donors (Lipinski definition) is 2. The van der Waals surface area contributed by atoms with E-state index in [9.17, 15) is 4.79 Å². The van der Waals surface area contributed by atoms with Gasteiger partial charge < -0.3 is 5.32 Å². The first-order chi connectivity index (χ1) is 8.31. The first kappa shape index (κ1) is 11.6. The van der Waals surface area contributed by atoms with E-state index in [0.29, 0.717) is 11.6 Å². The van der Waals surface area contributed by atoms with Crippen LogP contribution in [0.5, 0.6) is 0 Å². The number of nitriles is 1. The Morgan fingerprint density at radius 1 is 1.53 bits per heavy atom. The third-order valence-electron chi connectivity index (χ3n) is 3.29. The fourth-order valence-corrected chi connectivity index (χ4v) is 2.32. The van der Waals surface area contributed by atoms with Crippen molar-refractivity contribution in [2.75, 3.05) is 0 Å². The molecule has 1 aliphatic carbocycles. The lowest BCUT2D eigenvalue weighted by atomic mass is 9.84. The minimum atomic E-state index is -0.383. The van der Waals surface area contributed by atoms with E-state index >= 15 is 0 Å². The van der Waals surface area contributed by atoms with Crippen molar-refractivity contribution >= 4 is 5.91 Å². The normalized spacial score (nSPS) is 18.3. The van der Waals surface area contributed by atoms with E-state index in [1.807, 2.05) is 0 Å². The molecule has 2 rings (SSSR count). The van der Waals surface area contributed by atoms with Crippen molar-refractivity contribution in [3.63, 3.8) is 0 Å². The number of carbonyl (C=O) groups is 1. The highest BCUT2D eigenvalue weighted by molar-refractivity contribution is 5.92. The molecule has 1 amide bonds. The number of hydrogen-bond acceptors (Lipinski definition) is 3. The molecular weight excluding hydrogens is 216 g/mol. The van der Waals surface area contributed by atoms with E-state index < -0.39 is 0 Å². The second kappa shape index (κ2) is 5.48. The van der Waals surface area contributed by atoms with Crippen molar-refractivity contribution < 1.29 is 4.79 Å². The van der Waals surface area contributed by atoms with Crippen molar-refractivity contribution in [1.82, 2.24) is 15.5 Å². The van der Waals surface area contributed by atoms with Crippen molar-refractivity contribution in [2.24, 2.45) is 5.92 Å². The Bertz CT molecular complexity index is 401. The van der Waals surface area contributed by atoms with Crippen LogP contribution in [-0.4, -0.2) is 22.1 Å². The van der Waals surface area contributed by atoms with Crippen LogP contribution >= 0.6 is 0 Å². The molecule has 1 heterocycles. The van der Waals surface area contributed by atoms with E-state index in [1.165, 1.54) is 12.6 Å². The minimum Gasteiger partial charge on any atom is -0.335 e. The maximum absolute atomic E-state index is 11.8. The van der Waals surface area contributed by atoms with Gasteiger partial charge in [-0.2, -0.15) is 10.4 Å². The van der Waals surface area contributed by atoms with Gasteiger partial charge in [-0.3, -0.25) is 9.89 Å². The van der Waals surface area contributed by atoms with E-state index in [-0.39, 0.29) is 11.9 Å². The molecule has 1 unspecified atom stereocenters. The standard InChI is InChI=1S/C12H16N4O/c13-8-11(9-4-2-1-3-5-9)15-12(17)10-6-7-14-16-10/h6-7,9,11H,1-5H2,(H,14,16)(H,15,17). The Balaban J connectivity index is 1.95. The number of carbonyl (C=O) groups excluding carboxylic acids is 1. The van der Waals surface area contributed by atoms with Crippen molar-refractivity contribution in [1.29, 1.82) is 5.26 Å². The minimum absolute atomic E-state index is 0.250. The molecule has 1 saturated carbocycles. The number of nitrogens with one attached hydrogen (secondary N) is 2. The number of aromatic nitrogens is 2. The van der Waals surface area contributed by atoms with Gasteiger partial charge in [0.25, 0.3) is 5.91 Å². The number of rotatable bonds is 3. The van der Waals surface area contributed by atoms with Crippen LogP contribution in [0, 0.1) is 17.2 Å². The summed E-state index contributed by atoms with van der Waals surface area (Å²) in [5.41, 5.74) is 0.404. The third kappa shape index (κ3) is 2.84. The molecule has 0 bridgehead atoms. The SMILES string of the molecule is N#CC(NC(=O)c1ccn[nH]1)C1CCCCC1. The average Bonchev–Trinajstić information content (AvgIpc) is 2.90. The second-order valence-corrected chi connectivity index (χ2v) is 4.45. The molecule has 5 heteroatoms. The lowest BCUT2D eigenvalue weighted by Crippen LogP contribution is -2.40. The molecule has 2 N–H and O–H groups in total. The zero-order chi connectivity index (χ0) is 12.1. The van der Waals surface area contributed by atoms with E-state index in [4.69, 9.17) is 5.26 Å². The molecule has 1 atom stereocenters. The molecule has 1 aromatic heterocycles. The van der Waals surface area contributed by atoms with Gasteiger partial charge in [-0.05, 0) is 24.8 Å². The van der Waals surface area contributed by atoms with Crippen molar-refractivity contribution in [2.45, 2.75) is 38.1 Å². The zero-order valence-electron chi connectivity index (χ0n) is 9.65. The van der Waals surface area contributed by atoms with E-state index in [0.717, 1.165) is 25.7 Å². The summed E-state index contributed by atoms with van der Waals surface area (Å²) in [5, 5.41) is 18.2. The lowest BCUT2D eigenvalue weighted by molar-refractivity contribution is 0.0924. The quantitative estimate of drug-likeness (QED) is 0.830. The summed E-state index contributed by atoms with van der Waals surface area (Å²) in [6, 6.07) is 3.42. The Labute approximate surface area is 100 Å². The molecule has 5 nitrogen and oxygen atoms in total. The van der Waals surface area contributed by atoms with E-state index in [2.05, 4.69) is 21.6 Å². The molecular formula is C12H16N4O. The van der Waals surface area contributed by atoms with Crippen molar-refractivity contribution in [3.8, 4) is 6.07 Å². The summed E-state index contributed by atoms with van der Waals surface area (Å²) in [7, 11) is 0. The number of nitrogens with zero attached hydrogens (tertiary/aromatic N) is 2. The largest absolute Gasteiger partial charge is 0.335 e. The summed E-state index contributed by atoms with van der Waals surface area (Å²) in [6.45, 7) is 0. The van der Waals surface area contributed by atoms with Crippen LogP contribution in [0.2, 0.25) is 0 Å². The smallest absolute Gasteiger partial charge is 0.270 e. The Morgan fingerprint density at radius 2 is 2.29 bits per heavy atom. The second-order valence-electron chi connectivity index (χ2n) is 4.45. The first-order valence-electron chi connectivity index (χ1n) is 6.01. The average molecular weight is 232 g/mol. The molecule has 0 radical (unpaired) electrons. The Hall–Kier alpha value is -1.83. The highest BCUT2D eigenvalue weighted by Gasteiger charge is 2.25. The molecule has 0 aliphatic heterocycles. The van der Waals surface area contributed by atoms with Crippen LogP contribution in [0.25, 0.3) is 0 Å². The molecule has 1 aliphatic rings. The summed E-state index contributed by atoms with van der Waals surface area (Å²) in [6.07, 6.45) is 7.13. The van der Waals surface area contributed by atoms with Gasteiger partial charge in [0.2, 0.25) is 0 Å². The molecule has 1 fully saturated rings. The van der Waals surface area contributed by atoms with Crippen LogP contribution in [0.1, 0.15) is 42.6 Å². The van der Waals surface area contributed by atoms with Gasteiger partial charge in [-0.1, -0.05) is 19.3 Å². The third-order valence-corrected chi connectivity index (χ3v) is 3.29. The van der Waals surface area contributed by atoms with Crippen LogP contribution in [-0.2, 0) is 0 Å². The highest BCUT2D eigenvalue weighted by Crippen LogP contribution is 2.26. The van der Waals surface area contributed by atoms with Gasteiger partial charge in [0.15, 0.2) is 0 Å². The summed E-state index contributed by atoms with van der Waals surface area (Å²) in [4.78, 5) is 11.8. The lowest BCUT2D eigenvalue weighted by Gasteiger charge is -2.26. The van der Waals surface area contributed by atoms with Gasteiger partial charge in [-0.25, -0.2) is 0 Å². The number of H-pyrrole nitrogens is 1. The molecule has 0 saturated heterocycles. The van der Waals surface area contributed by atoms with Gasteiger partial charge in [0, 0.05) is 6.20 Å². The molecule has 17 heavy (non-hydrogen) atoms. The highest BCUT2D eigenvalue weighted by atomic mass is 16.2. The van der Waals surface area contributed by atoms with Crippen LogP contribution < -0.4 is 5.32 Å². The van der Waals surface area contributed by atoms with Crippen LogP contribution in [0.3, 0.4) is 0 Å². The van der Waals surface area contributed by atoms with Gasteiger partial charge in [-0.15, -0.1) is 0 Å². The number of aromatic amines is 1. The zero-order valence-corrected chi connectivity index (χ0v) is 9.65. The molecule has 0 aromatic carbocycles. The Kier molecular flexibility index (Phi) is 3.76. The van der Waals surface area contributed by atoms with Gasteiger partial charge in [0.05, 0.1) is 6.07 Å². The molecule has 1 aromatic rings. The molecule has 90 valence electrons. The molecule has 0 spiro atoms. The van der Waals surface area contributed by atoms with Gasteiger partial charge in [0.1, 0.15) is 11.7 Å².